The van der Waals surface area contributed by atoms with Crippen LogP contribution in [0.25, 0.3) is 6.08 Å². The molecule has 182 valence electrons. The van der Waals surface area contributed by atoms with Crippen LogP contribution in [0.15, 0.2) is 84.1 Å². The first kappa shape index (κ1) is 24.7. The van der Waals surface area contributed by atoms with Gasteiger partial charge in [-0.15, -0.1) is 17.9 Å². The largest absolute Gasteiger partial charge is 0.454 e. The molecule has 0 saturated carbocycles. The summed E-state index contributed by atoms with van der Waals surface area (Å²) in [7, 11) is -3.85. The Hall–Kier alpha value is -3.40. The van der Waals surface area contributed by atoms with Crippen LogP contribution >= 0.6 is 11.3 Å². The molecule has 0 atom stereocenters. The van der Waals surface area contributed by atoms with Crippen molar-refractivity contribution in [1.82, 2.24) is 9.21 Å². The van der Waals surface area contributed by atoms with E-state index in [0.29, 0.717) is 24.6 Å². The highest BCUT2D eigenvalue weighted by atomic mass is 32.2. The number of benzene rings is 2. The van der Waals surface area contributed by atoms with Crippen LogP contribution in [0.1, 0.15) is 16.0 Å². The highest BCUT2D eigenvalue weighted by molar-refractivity contribution is 7.92. The van der Waals surface area contributed by atoms with Crippen LogP contribution in [0.4, 0.5) is 0 Å². The maximum absolute atomic E-state index is 13.4. The standard InChI is InChI=1S/C26H26N2O5S2/c1-2-13-28(35(30,31)15-12-21-7-4-3-5-8-21)19-26(29)27(18-23-9-6-14-34-23)17-22-10-11-24-25(16-22)33-20-32-24/h2-12,14-16H,1,13,17-20H2. The molecule has 0 spiro atoms. The Bertz CT molecular complexity index is 1290. The topological polar surface area (TPSA) is 76.2 Å². The number of sulfonamides is 1. The average molecular weight is 511 g/mol. The first-order valence-corrected chi connectivity index (χ1v) is 13.4. The Morgan fingerprint density at radius 3 is 2.57 bits per heavy atom. The number of fused-ring (bicyclic) bond motifs is 1. The van der Waals surface area contributed by atoms with Crippen molar-refractivity contribution in [3.8, 4) is 11.5 Å². The van der Waals surface area contributed by atoms with Gasteiger partial charge in [0.15, 0.2) is 11.5 Å². The van der Waals surface area contributed by atoms with Gasteiger partial charge in [-0.25, -0.2) is 8.42 Å². The molecule has 0 unspecified atom stereocenters. The molecule has 0 aliphatic carbocycles. The van der Waals surface area contributed by atoms with Crippen molar-refractivity contribution in [3.63, 3.8) is 0 Å². The van der Waals surface area contributed by atoms with Gasteiger partial charge in [0, 0.05) is 23.4 Å². The van der Waals surface area contributed by atoms with Gasteiger partial charge in [0.2, 0.25) is 22.7 Å². The van der Waals surface area contributed by atoms with E-state index in [-0.39, 0.29) is 25.8 Å². The number of carbonyl (C=O) groups is 1. The zero-order valence-corrected chi connectivity index (χ0v) is 20.7. The van der Waals surface area contributed by atoms with Gasteiger partial charge in [-0.3, -0.25) is 4.79 Å². The Kier molecular flexibility index (Phi) is 8.02. The molecule has 2 aromatic carbocycles. The second-order valence-corrected chi connectivity index (χ2v) is 10.7. The molecule has 7 nitrogen and oxygen atoms in total. The van der Waals surface area contributed by atoms with E-state index in [0.717, 1.165) is 25.7 Å². The van der Waals surface area contributed by atoms with Gasteiger partial charge in [0.1, 0.15) is 0 Å². The van der Waals surface area contributed by atoms with Crippen molar-refractivity contribution in [2.75, 3.05) is 19.9 Å². The zero-order chi connectivity index (χ0) is 24.7. The fourth-order valence-electron chi connectivity index (χ4n) is 3.55. The van der Waals surface area contributed by atoms with Crippen molar-refractivity contribution in [3.05, 3.63) is 100 Å². The molecule has 0 saturated heterocycles. The van der Waals surface area contributed by atoms with Gasteiger partial charge in [-0.05, 0) is 40.8 Å². The van der Waals surface area contributed by atoms with Crippen LogP contribution in [0.3, 0.4) is 0 Å². The molecular formula is C26H26N2O5S2. The number of carbonyl (C=O) groups excluding carboxylic acids is 1. The summed E-state index contributed by atoms with van der Waals surface area (Å²) in [5.74, 6) is 0.987. The Morgan fingerprint density at radius 2 is 1.83 bits per heavy atom. The third-order valence-corrected chi connectivity index (χ3v) is 7.67. The molecule has 3 aromatic rings. The zero-order valence-electron chi connectivity index (χ0n) is 19.1. The Labute approximate surface area is 209 Å². The minimum atomic E-state index is -3.85. The van der Waals surface area contributed by atoms with E-state index in [4.69, 9.17) is 9.47 Å². The first-order valence-electron chi connectivity index (χ1n) is 11.0. The lowest BCUT2D eigenvalue weighted by Gasteiger charge is -2.26. The van der Waals surface area contributed by atoms with Gasteiger partial charge in [0.05, 0.1) is 13.1 Å². The van der Waals surface area contributed by atoms with Gasteiger partial charge < -0.3 is 14.4 Å². The molecule has 2 heterocycles. The maximum atomic E-state index is 13.4. The lowest BCUT2D eigenvalue weighted by molar-refractivity contribution is -0.132. The molecule has 1 aliphatic rings. The summed E-state index contributed by atoms with van der Waals surface area (Å²) in [5, 5.41) is 3.07. The molecule has 1 amide bonds. The van der Waals surface area contributed by atoms with Crippen molar-refractivity contribution in [1.29, 1.82) is 0 Å². The van der Waals surface area contributed by atoms with E-state index in [2.05, 4.69) is 6.58 Å². The Morgan fingerprint density at radius 1 is 1.03 bits per heavy atom. The van der Waals surface area contributed by atoms with E-state index in [1.807, 2.05) is 66.0 Å². The predicted molar refractivity (Wildman–Crippen MR) is 137 cm³/mol. The van der Waals surface area contributed by atoms with Gasteiger partial charge in [-0.2, -0.15) is 4.31 Å². The van der Waals surface area contributed by atoms with Gasteiger partial charge >= 0.3 is 0 Å². The molecule has 0 N–H and O–H groups in total. The summed E-state index contributed by atoms with van der Waals surface area (Å²) in [4.78, 5) is 16.1. The molecular weight excluding hydrogens is 484 g/mol. The van der Waals surface area contributed by atoms with E-state index < -0.39 is 10.0 Å². The molecule has 0 bridgehead atoms. The maximum Gasteiger partial charge on any atom is 0.238 e. The smallest absolute Gasteiger partial charge is 0.238 e. The molecule has 35 heavy (non-hydrogen) atoms. The van der Waals surface area contributed by atoms with Crippen LogP contribution in [-0.2, 0) is 27.9 Å². The van der Waals surface area contributed by atoms with Crippen LogP contribution in [0, 0.1) is 0 Å². The SMILES string of the molecule is C=CCN(CC(=O)N(Cc1ccc2c(c1)OCO2)Cc1cccs1)S(=O)(=O)C=Cc1ccccc1. The van der Waals surface area contributed by atoms with Crippen LogP contribution in [0.5, 0.6) is 11.5 Å². The normalized spacial score (nSPS) is 12.8. The number of ether oxygens (including phenoxy) is 2. The fourth-order valence-corrected chi connectivity index (χ4v) is 5.37. The lowest BCUT2D eigenvalue weighted by atomic mass is 10.2. The lowest BCUT2D eigenvalue weighted by Crippen LogP contribution is -2.41. The number of amides is 1. The third-order valence-electron chi connectivity index (χ3n) is 5.33. The highest BCUT2D eigenvalue weighted by Crippen LogP contribution is 2.33. The van der Waals surface area contributed by atoms with Crippen molar-refractivity contribution in [2.45, 2.75) is 13.1 Å². The quantitative estimate of drug-likeness (QED) is 0.355. The van der Waals surface area contributed by atoms with Crippen molar-refractivity contribution < 1.29 is 22.7 Å². The Balaban J connectivity index is 1.53. The van der Waals surface area contributed by atoms with E-state index in [9.17, 15) is 13.2 Å². The summed E-state index contributed by atoms with van der Waals surface area (Å²) >= 11 is 1.54. The summed E-state index contributed by atoms with van der Waals surface area (Å²) in [6, 6.07) is 18.5. The summed E-state index contributed by atoms with van der Waals surface area (Å²) in [6.45, 7) is 4.22. The molecule has 1 aromatic heterocycles. The minimum Gasteiger partial charge on any atom is -0.454 e. The first-order chi connectivity index (χ1) is 16.9. The number of thiophene rings is 1. The van der Waals surface area contributed by atoms with Gasteiger partial charge in [-0.1, -0.05) is 48.5 Å². The number of hydrogen-bond acceptors (Lipinski definition) is 6. The minimum absolute atomic E-state index is 0.0179. The van der Waals surface area contributed by atoms with Crippen LogP contribution in [-0.4, -0.2) is 43.4 Å². The predicted octanol–water partition coefficient (Wildman–Crippen LogP) is 4.49. The molecule has 0 fully saturated rings. The number of hydrogen-bond donors (Lipinski definition) is 0. The second kappa shape index (κ2) is 11.4. The molecule has 0 radical (unpaired) electrons. The average Bonchev–Trinajstić information content (AvgIpc) is 3.54. The third kappa shape index (κ3) is 6.60. The van der Waals surface area contributed by atoms with Crippen molar-refractivity contribution in [2.24, 2.45) is 0 Å². The van der Waals surface area contributed by atoms with Gasteiger partial charge in [0.25, 0.3) is 0 Å². The van der Waals surface area contributed by atoms with Crippen LogP contribution < -0.4 is 9.47 Å². The molecule has 4 rings (SSSR count). The summed E-state index contributed by atoms with van der Waals surface area (Å²) < 4.78 is 38.1. The second-order valence-electron chi connectivity index (χ2n) is 7.86. The monoisotopic (exact) mass is 510 g/mol. The molecule has 1 aliphatic heterocycles. The van der Waals surface area contributed by atoms with E-state index in [1.165, 1.54) is 12.2 Å². The fraction of sp³-hybridized carbons (Fsp3) is 0.192. The van der Waals surface area contributed by atoms with Crippen LogP contribution in [0.2, 0.25) is 0 Å². The summed E-state index contributed by atoms with van der Waals surface area (Å²) in [6.07, 6.45) is 2.99. The van der Waals surface area contributed by atoms with E-state index in [1.54, 1.807) is 16.2 Å². The molecule has 9 heteroatoms. The van der Waals surface area contributed by atoms with Crippen molar-refractivity contribution >= 4 is 33.3 Å². The summed E-state index contributed by atoms with van der Waals surface area (Å²) in [5.41, 5.74) is 1.62. The van der Waals surface area contributed by atoms with E-state index >= 15 is 0 Å². The highest BCUT2D eigenvalue weighted by Gasteiger charge is 2.25. The number of rotatable bonds is 11. The number of nitrogens with zero attached hydrogens (tertiary/aromatic N) is 2.